The number of nitrogens with zero attached hydrogens (tertiary/aromatic N) is 3. The Kier molecular flexibility index (Phi) is 8.88. The van der Waals surface area contributed by atoms with E-state index >= 15 is 0 Å². The molecule has 2 heterocycles. The zero-order valence-electron chi connectivity index (χ0n) is 23.4. The topological polar surface area (TPSA) is 62.3 Å². The number of hydrogen-bond acceptors (Lipinski definition) is 7. The summed E-state index contributed by atoms with van der Waals surface area (Å²) in [7, 11) is 0. The van der Waals surface area contributed by atoms with Crippen molar-refractivity contribution in [3.63, 3.8) is 0 Å². The third-order valence-corrected chi connectivity index (χ3v) is 8.55. The molecule has 0 atom stereocenters. The van der Waals surface area contributed by atoms with E-state index in [0.29, 0.717) is 28.7 Å². The normalized spacial score (nSPS) is 19.1. The van der Waals surface area contributed by atoms with Gasteiger partial charge in [-0.3, -0.25) is 9.59 Å². The van der Waals surface area contributed by atoms with Crippen LogP contribution in [0.1, 0.15) is 24.8 Å². The molecule has 0 spiro atoms. The minimum Gasteiger partial charge on any atom is -0.494 e. The Hall–Kier alpha value is -3.66. The molecule has 42 heavy (non-hydrogen) atoms. The van der Waals surface area contributed by atoms with Crippen LogP contribution in [0.3, 0.4) is 0 Å². The average molecular weight is 588 g/mol. The lowest BCUT2D eigenvalue weighted by Gasteiger charge is -2.34. The number of carbonyl (C=O) groups excluding carboxylic acids is 2. The smallest absolute Gasteiger partial charge is 0.298 e. The lowest BCUT2D eigenvalue weighted by Crippen LogP contribution is -2.47. The van der Waals surface area contributed by atoms with Gasteiger partial charge in [-0.1, -0.05) is 12.1 Å². The Bertz CT molecular complexity index is 1420. The van der Waals surface area contributed by atoms with E-state index in [2.05, 4.69) is 9.80 Å². The van der Waals surface area contributed by atoms with Crippen molar-refractivity contribution < 1.29 is 23.5 Å². The van der Waals surface area contributed by atoms with Gasteiger partial charge in [0, 0.05) is 39.3 Å². The van der Waals surface area contributed by atoms with Gasteiger partial charge in [0.2, 0.25) is 0 Å². The highest BCUT2D eigenvalue weighted by atomic mass is 32.2. The molecule has 2 aliphatic heterocycles. The number of piperazine rings is 1. The molecule has 1 aliphatic carbocycles. The highest BCUT2D eigenvalue weighted by Crippen LogP contribution is 2.36. The van der Waals surface area contributed by atoms with Crippen molar-refractivity contribution in [2.24, 2.45) is 5.92 Å². The van der Waals surface area contributed by atoms with Crippen LogP contribution in [-0.2, 0) is 4.79 Å². The summed E-state index contributed by atoms with van der Waals surface area (Å²) in [6, 6.07) is 20.0. The largest absolute Gasteiger partial charge is 0.494 e. The minimum absolute atomic E-state index is 0.329. The van der Waals surface area contributed by atoms with Crippen LogP contribution in [0.5, 0.6) is 17.2 Å². The van der Waals surface area contributed by atoms with Crippen LogP contribution in [0.25, 0.3) is 6.08 Å². The van der Waals surface area contributed by atoms with E-state index in [1.165, 1.54) is 49.5 Å². The molecule has 0 aromatic heterocycles. The molecule has 9 heteroatoms. The summed E-state index contributed by atoms with van der Waals surface area (Å²) in [5.41, 5.74) is 1.27. The Morgan fingerprint density at radius 3 is 2.10 bits per heavy atom. The van der Waals surface area contributed by atoms with Gasteiger partial charge in [0.25, 0.3) is 11.1 Å². The van der Waals surface area contributed by atoms with Crippen LogP contribution in [0, 0.1) is 11.7 Å². The fourth-order valence-electron chi connectivity index (χ4n) is 5.14. The first-order chi connectivity index (χ1) is 20.5. The molecule has 6 rings (SSSR count). The number of benzene rings is 3. The first-order valence-electron chi connectivity index (χ1n) is 14.5. The standard InChI is InChI=1S/C33H34FN3O4S/c34-26-6-12-30(13-7-26)41-29-10-4-24(5-11-29)22-31-32(38)37(33(39)42-31)27-8-14-28(15-9-27)40-21-1-16-35-17-19-36(20-18-35)23-25-2-3-25/h4-15,22,25H,1-3,16-21,23H2. The van der Waals surface area contributed by atoms with Gasteiger partial charge in [-0.05, 0) is 109 Å². The quantitative estimate of drug-likeness (QED) is 0.184. The predicted molar refractivity (Wildman–Crippen MR) is 164 cm³/mol. The minimum atomic E-state index is -0.359. The SMILES string of the molecule is O=C1SC(=Cc2ccc(Oc3ccc(F)cc3)cc2)C(=O)N1c1ccc(OCCCN2CCN(CC3CC3)CC2)cc1. The lowest BCUT2D eigenvalue weighted by atomic mass is 10.2. The molecule has 3 aliphatic rings. The van der Waals surface area contributed by atoms with E-state index < -0.39 is 0 Å². The third kappa shape index (κ3) is 7.40. The van der Waals surface area contributed by atoms with Crippen molar-refractivity contribution in [2.45, 2.75) is 19.3 Å². The number of ether oxygens (including phenoxy) is 2. The molecule has 3 fully saturated rings. The molecule has 0 unspecified atom stereocenters. The summed E-state index contributed by atoms with van der Waals surface area (Å²) in [6.45, 7) is 7.53. The van der Waals surface area contributed by atoms with Crippen molar-refractivity contribution in [2.75, 3.05) is 50.8 Å². The molecule has 1 saturated carbocycles. The van der Waals surface area contributed by atoms with Gasteiger partial charge in [0.1, 0.15) is 23.1 Å². The van der Waals surface area contributed by atoms with Crippen molar-refractivity contribution in [1.82, 2.24) is 9.80 Å². The molecular formula is C33H34FN3O4S. The highest BCUT2D eigenvalue weighted by Gasteiger charge is 2.36. The predicted octanol–water partition coefficient (Wildman–Crippen LogP) is 6.66. The Morgan fingerprint density at radius 1 is 0.810 bits per heavy atom. The van der Waals surface area contributed by atoms with Gasteiger partial charge in [-0.25, -0.2) is 9.29 Å². The molecule has 0 bridgehead atoms. The zero-order chi connectivity index (χ0) is 28.9. The lowest BCUT2D eigenvalue weighted by molar-refractivity contribution is -0.113. The van der Waals surface area contributed by atoms with E-state index in [9.17, 15) is 14.0 Å². The van der Waals surface area contributed by atoms with Gasteiger partial charge in [-0.2, -0.15) is 0 Å². The summed E-state index contributed by atoms with van der Waals surface area (Å²) < 4.78 is 24.8. The number of anilines is 1. The van der Waals surface area contributed by atoms with Gasteiger partial charge < -0.3 is 19.3 Å². The number of hydrogen-bond donors (Lipinski definition) is 0. The first-order valence-corrected chi connectivity index (χ1v) is 15.3. The summed E-state index contributed by atoms with van der Waals surface area (Å²) in [4.78, 5) is 32.5. The number of thioether (sulfide) groups is 1. The van der Waals surface area contributed by atoms with Crippen LogP contribution >= 0.6 is 11.8 Å². The second kappa shape index (κ2) is 13.1. The molecule has 218 valence electrons. The summed E-state index contributed by atoms with van der Waals surface area (Å²) in [5, 5.41) is -0.339. The monoisotopic (exact) mass is 587 g/mol. The number of amides is 2. The average Bonchev–Trinajstić information content (AvgIpc) is 3.78. The maximum absolute atomic E-state index is 13.1. The second-order valence-electron chi connectivity index (χ2n) is 10.9. The molecule has 3 aromatic carbocycles. The summed E-state index contributed by atoms with van der Waals surface area (Å²) >= 11 is 0.913. The van der Waals surface area contributed by atoms with Crippen LogP contribution in [-0.4, -0.2) is 66.8 Å². The van der Waals surface area contributed by atoms with Crippen molar-refractivity contribution in [3.05, 3.63) is 89.1 Å². The van der Waals surface area contributed by atoms with Gasteiger partial charge in [-0.15, -0.1) is 0 Å². The first kappa shape index (κ1) is 28.5. The number of halogens is 1. The van der Waals surface area contributed by atoms with Crippen LogP contribution < -0.4 is 14.4 Å². The van der Waals surface area contributed by atoms with Crippen LogP contribution in [0.15, 0.2) is 77.7 Å². The van der Waals surface area contributed by atoms with Crippen molar-refractivity contribution >= 4 is 34.7 Å². The highest BCUT2D eigenvalue weighted by molar-refractivity contribution is 8.19. The molecule has 0 radical (unpaired) electrons. The fraction of sp³-hybridized carbons (Fsp3) is 0.333. The maximum atomic E-state index is 13.1. The Morgan fingerprint density at radius 2 is 1.43 bits per heavy atom. The maximum Gasteiger partial charge on any atom is 0.298 e. The molecule has 2 amide bonds. The van der Waals surface area contributed by atoms with E-state index in [1.54, 1.807) is 66.7 Å². The van der Waals surface area contributed by atoms with Gasteiger partial charge in [0.15, 0.2) is 0 Å². The number of rotatable bonds is 11. The molecular weight excluding hydrogens is 553 g/mol. The third-order valence-electron chi connectivity index (χ3n) is 7.68. The van der Waals surface area contributed by atoms with Gasteiger partial charge >= 0.3 is 0 Å². The van der Waals surface area contributed by atoms with Crippen molar-refractivity contribution in [1.29, 1.82) is 0 Å². The fourth-order valence-corrected chi connectivity index (χ4v) is 5.98. The zero-order valence-corrected chi connectivity index (χ0v) is 24.2. The number of imide groups is 1. The van der Waals surface area contributed by atoms with E-state index in [0.717, 1.165) is 55.0 Å². The summed E-state index contributed by atoms with van der Waals surface area (Å²) in [5.74, 6) is 2.09. The van der Waals surface area contributed by atoms with E-state index in [4.69, 9.17) is 9.47 Å². The van der Waals surface area contributed by atoms with Crippen LogP contribution in [0.2, 0.25) is 0 Å². The van der Waals surface area contributed by atoms with Crippen molar-refractivity contribution in [3.8, 4) is 17.2 Å². The van der Waals surface area contributed by atoms with Gasteiger partial charge in [0.05, 0.1) is 17.2 Å². The Balaban J connectivity index is 0.970. The van der Waals surface area contributed by atoms with E-state index in [-0.39, 0.29) is 17.0 Å². The molecule has 3 aromatic rings. The number of carbonyl (C=O) groups is 2. The summed E-state index contributed by atoms with van der Waals surface area (Å²) in [6.07, 6.45) is 5.47. The molecule has 0 N–H and O–H groups in total. The molecule has 2 saturated heterocycles. The van der Waals surface area contributed by atoms with Crippen LogP contribution in [0.4, 0.5) is 14.9 Å². The second-order valence-corrected chi connectivity index (χ2v) is 11.9. The van der Waals surface area contributed by atoms with E-state index in [1.807, 2.05) is 0 Å². The molecule has 7 nitrogen and oxygen atoms in total. The Labute approximate surface area is 249 Å².